The molecule has 1 aromatic rings. The molecule has 0 heterocycles. The zero-order valence-electron chi connectivity index (χ0n) is 8.40. The summed E-state index contributed by atoms with van der Waals surface area (Å²) in [6, 6.07) is 7.90. The standard InChI is InChI=1S/C11H17NOS/c1-2-5-10(13)8-9-6-3-4-7-11(9)12-14/h3-4,6-7,10,12-14H,2,5,8H2,1H3. The molecule has 0 aliphatic carbocycles. The van der Waals surface area contributed by atoms with Crippen LogP contribution in [0.2, 0.25) is 0 Å². The smallest absolute Gasteiger partial charge is 0.0581 e. The number of aliphatic hydroxyl groups excluding tert-OH is 1. The first-order chi connectivity index (χ1) is 6.77. The molecule has 0 fully saturated rings. The summed E-state index contributed by atoms with van der Waals surface area (Å²) in [6.07, 6.45) is 2.30. The minimum atomic E-state index is -0.247. The largest absolute Gasteiger partial charge is 0.393 e. The van der Waals surface area contributed by atoms with E-state index in [1.54, 1.807) is 0 Å². The lowest BCUT2D eigenvalue weighted by Gasteiger charge is -2.12. The molecule has 14 heavy (non-hydrogen) atoms. The average molecular weight is 211 g/mol. The maximum Gasteiger partial charge on any atom is 0.0581 e. The third kappa shape index (κ3) is 3.24. The fourth-order valence-electron chi connectivity index (χ4n) is 1.50. The van der Waals surface area contributed by atoms with Gasteiger partial charge in [0.2, 0.25) is 0 Å². The van der Waals surface area contributed by atoms with E-state index < -0.39 is 0 Å². The number of anilines is 1. The van der Waals surface area contributed by atoms with Gasteiger partial charge < -0.3 is 9.83 Å². The van der Waals surface area contributed by atoms with Crippen molar-refractivity contribution in [3.05, 3.63) is 29.8 Å². The molecular weight excluding hydrogens is 194 g/mol. The van der Waals surface area contributed by atoms with Crippen molar-refractivity contribution >= 4 is 18.5 Å². The molecule has 1 unspecified atom stereocenters. The fraction of sp³-hybridized carbons (Fsp3) is 0.455. The first-order valence-electron chi connectivity index (χ1n) is 4.94. The van der Waals surface area contributed by atoms with Crippen molar-refractivity contribution in [1.29, 1.82) is 0 Å². The SMILES string of the molecule is CCCC(O)Cc1ccccc1NS. The van der Waals surface area contributed by atoms with Gasteiger partial charge in [0, 0.05) is 12.1 Å². The molecule has 1 atom stereocenters. The van der Waals surface area contributed by atoms with Gasteiger partial charge in [-0.1, -0.05) is 44.4 Å². The Morgan fingerprint density at radius 2 is 2.14 bits per heavy atom. The van der Waals surface area contributed by atoms with Crippen molar-refractivity contribution in [2.24, 2.45) is 0 Å². The second-order valence-corrected chi connectivity index (χ2v) is 3.64. The van der Waals surface area contributed by atoms with E-state index in [9.17, 15) is 5.11 Å². The van der Waals surface area contributed by atoms with Gasteiger partial charge in [-0.15, -0.1) is 0 Å². The van der Waals surface area contributed by atoms with Crippen LogP contribution in [0.15, 0.2) is 24.3 Å². The summed E-state index contributed by atoms with van der Waals surface area (Å²) in [6.45, 7) is 2.08. The molecule has 2 N–H and O–H groups in total. The summed E-state index contributed by atoms with van der Waals surface area (Å²) in [7, 11) is 0. The first kappa shape index (κ1) is 11.4. The molecule has 0 radical (unpaired) electrons. The van der Waals surface area contributed by atoms with Crippen LogP contribution < -0.4 is 4.72 Å². The molecule has 2 nitrogen and oxygen atoms in total. The van der Waals surface area contributed by atoms with Gasteiger partial charge in [0.25, 0.3) is 0 Å². The molecule has 1 rings (SSSR count). The highest BCUT2D eigenvalue weighted by Crippen LogP contribution is 2.18. The maximum absolute atomic E-state index is 9.67. The second kappa shape index (κ2) is 5.94. The van der Waals surface area contributed by atoms with Crippen LogP contribution in [0.4, 0.5) is 5.69 Å². The summed E-state index contributed by atoms with van der Waals surface area (Å²) in [5.74, 6) is 0. The van der Waals surface area contributed by atoms with Crippen LogP contribution in [-0.4, -0.2) is 11.2 Å². The third-order valence-corrected chi connectivity index (χ3v) is 2.46. The lowest BCUT2D eigenvalue weighted by atomic mass is 10.0. The number of thiol groups is 1. The van der Waals surface area contributed by atoms with E-state index in [-0.39, 0.29) is 6.10 Å². The normalized spacial score (nSPS) is 12.5. The highest BCUT2D eigenvalue weighted by atomic mass is 32.1. The highest BCUT2D eigenvalue weighted by Gasteiger charge is 2.06. The van der Waals surface area contributed by atoms with Crippen molar-refractivity contribution < 1.29 is 5.11 Å². The molecule has 0 spiro atoms. The molecule has 0 saturated carbocycles. The number of nitrogens with one attached hydrogen (secondary N) is 1. The van der Waals surface area contributed by atoms with Gasteiger partial charge in [0.05, 0.1) is 6.10 Å². The van der Waals surface area contributed by atoms with Crippen LogP contribution >= 0.6 is 12.8 Å². The molecule has 0 aromatic heterocycles. The zero-order chi connectivity index (χ0) is 10.4. The number of aliphatic hydroxyl groups is 1. The van der Waals surface area contributed by atoms with Crippen LogP contribution in [0.3, 0.4) is 0 Å². The van der Waals surface area contributed by atoms with Crippen LogP contribution in [0.1, 0.15) is 25.3 Å². The van der Waals surface area contributed by atoms with Crippen LogP contribution in [0.25, 0.3) is 0 Å². The molecule has 78 valence electrons. The number of hydrogen-bond acceptors (Lipinski definition) is 3. The van der Waals surface area contributed by atoms with Crippen molar-refractivity contribution in [1.82, 2.24) is 0 Å². The highest BCUT2D eigenvalue weighted by molar-refractivity contribution is 7.81. The Balaban J connectivity index is 2.65. The van der Waals surface area contributed by atoms with E-state index in [2.05, 4.69) is 24.5 Å². The fourth-order valence-corrected chi connectivity index (χ4v) is 1.71. The molecule has 0 aliphatic rings. The van der Waals surface area contributed by atoms with Crippen LogP contribution in [-0.2, 0) is 6.42 Å². The van der Waals surface area contributed by atoms with Gasteiger partial charge >= 0.3 is 0 Å². The Morgan fingerprint density at radius 1 is 1.43 bits per heavy atom. The Bertz CT molecular complexity index is 278. The summed E-state index contributed by atoms with van der Waals surface area (Å²) in [4.78, 5) is 0. The topological polar surface area (TPSA) is 32.3 Å². The van der Waals surface area contributed by atoms with Gasteiger partial charge in [0.1, 0.15) is 0 Å². The number of benzene rings is 1. The van der Waals surface area contributed by atoms with Crippen molar-refractivity contribution in [3.63, 3.8) is 0 Å². The summed E-state index contributed by atoms with van der Waals surface area (Å²) in [5, 5.41) is 9.67. The molecule has 0 saturated heterocycles. The van der Waals surface area contributed by atoms with Crippen LogP contribution in [0.5, 0.6) is 0 Å². The Labute approximate surface area is 90.9 Å². The number of rotatable bonds is 5. The van der Waals surface area contributed by atoms with E-state index in [4.69, 9.17) is 0 Å². The quantitative estimate of drug-likeness (QED) is 0.654. The third-order valence-electron chi connectivity index (χ3n) is 2.22. The average Bonchev–Trinajstić information content (AvgIpc) is 2.19. The van der Waals surface area contributed by atoms with Gasteiger partial charge in [-0.25, -0.2) is 0 Å². The van der Waals surface area contributed by atoms with Gasteiger partial charge in [-0.2, -0.15) is 0 Å². The minimum absolute atomic E-state index is 0.247. The first-order valence-corrected chi connectivity index (χ1v) is 5.38. The maximum atomic E-state index is 9.67. The second-order valence-electron chi connectivity index (χ2n) is 3.42. The summed E-state index contributed by atoms with van der Waals surface area (Å²) in [5.41, 5.74) is 2.09. The molecule has 0 amide bonds. The monoisotopic (exact) mass is 211 g/mol. The van der Waals surface area contributed by atoms with Crippen molar-refractivity contribution in [2.75, 3.05) is 4.72 Å². The van der Waals surface area contributed by atoms with Crippen LogP contribution in [0, 0.1) is 0 Å². The number of hydrogen-bond donors (Lipinski definition) is 3. The van der Waals surface area contributed by atoms with Gasteiger partial charge in [0.15, 0.2) is 0 Å². The lowest BCUT2D eigenvalue weighted by Crippen LogP contribution is -2.10. The van der Waals surface area contributed by atoms with Crippen molar-refractivity contribution in [3.8, 4) is 0 Å². The predicted octanol–water partition coefficient (Wildman–Crippen LogP) is 2.65. The minimum Gasteiger partial charge on any atom is -0.393 e. The molecular formula is C11H17NOS. The van der Waals surface area contributed by atoms with E-state index in [1.165, 1.54) is 0 Å². The Kier molecular flexibility index (Phi) is 4.84. The van der Waals surface area contributed by atoms with E-state index in [0.717, 1.165) is 24.1 Å². The molecule has 3 heteroatoms. The number of para-hydroxylation sites is 1. The van der Waals surface area contributed by atoms with E-state index >= 15 is 0 Å². The van der Waals surface area contributed by atoms with Gasteiger partial charge in [-0.3, -0.25) is 0 Å². The zero-order valence-corrected chi connectivity index (χ0v) is 9.30. The summed E-state index contributed by atoms with van der Waals surface area (Å²) < 4.78 is 2.83. The molecule has 1 aromatic carbocycles. The van der Waals surface area contributed by atoms with Gasteiger partial charge in [-0.05, 0) is 18.1 Å². The predicted molar refractivity (Wildman–Crippen MR) is 63.7 cm³/mol. The Hall–Kier alpha value is -0.670. The van der Waals surface area contributed by atoms with Crippen molar-refractivity contribution in [2.45, 2.75) is 32.3 Å². The van der Waals surface area contributed by atoms with E-state index in [1.807, 2.05) is 24.3 Å². The van der Waals surface area contributed by atoms with E-state index in [0.29, 0.717) is 6.42 Å². The summed E-state index contributed by atoms with van der Waals surface area (Å²) >= 11 is 4.02. The molecule has 0 aliphatic heterocycles. The molecule has 0 bridgehead atoms. The Morgan fingerprint density at radius 3 is 2.79 bits per heavy atom. The lowest BCUT2D eigenvalue weighted by molar-refractivity contribution is 0.164.